The Kier molecular flexibility index (Phi) is 11.2. The molecule has 0 aliphatic carbocycles. The van der Waals surface area contributed by atoms with Crippen LogP contribution in [0.4, 0.5) is 10.5 Å². The van der Waals surface area contributed by atoms with E-state index in [9.17, 15) is 18.3 Å². The zero-order valence-electron chi connectivity index (χ0n) is 24.7. The van der Waals surface area contributed by atoms with Gasteiger partial charge in [-0.05, 0) is 69.2 Å². The molecule has 0 aliphatic heterocycles. The summed E-state index contributed by atoms with van der Waals surface area (Å²) in [6, 6.07) is 17.6. The van der Waals surface area contributed by atoms with Gasteiger partial charge in [0.2, 0.25) is 10.0 Å². The van der Waals surface area contributed by atoms with Crippen LogP contribution in [0.2, 0.25) is 0 Å². The smallest absolute Gasteiger partial charge is 0.409 e. The number of anilines is 1. The van der Waals surface area contributed by atoms with E-state index in [0.29, 0.717) is 30.5 Å². The first kappa shape index (κ1) is 33.1. The molecular formula is C30H44N4O5S. The maximum atomic E-state index is 13.9. The summed E-state index contributed by atoms with van der Waals surface area (Å²) in [5.74, 6) is 0. The lowest BCUT2D eigenvalue weighted by molar-refractivity contribution is 0.00964. The van der Waals surface area contributed by atoms with E-state index in [0.717, 1.165) is 0 Å². The number of ether oxygens (including phenoxy) is 1. The van der Waals surface area contributed by atoms with E-state index in [1.807, 2.05) is 19.9 Å². The fourth-order valence-corrected chi connectivity index (χ4v) is 5.69. The number of aliphatic hydroxyl groups is 1. The summed E-state index contributed by atoms with van der Waals surface area (Å²) in [6.07, 6.45) is -0.626. The van der Waals surface area contributed by atoms with Crippen molar-refractivity contribution in [2.45, 2.75) is 89.0 Å². The van der Waals surface area contributed by atoms with Crippen molar-refractivity contribution in [1.29, 1.82) is 5.26 Å². The number of benzene rings is 2. The van der Waals surface area contributed by atoms with Crippen LogP contribution >= 0.6 is 0 Å². The maximum absolute atomic E-state index is 13.9. The predicted molar refractivity (Wildman–Crippen MR) is 157 cm³/mol. The Morgan fingerprint density at radius 2 is 1.70 bits per heavy atom. The number of hydrogen-bond donors (Lipinski definition) is 3. The fourth-order valence-electron chi connectivity index (χ4n) is 4.30. The van der Waals surface area contributed by atoms with Crippen molar-refractivity contribution < 1.29 is 23.1 Å². The second-order valence-corrected chi connectivity index (χ2v) is 13.8. The third kappa shape index (κ3) is 10.1. The Morgan fingerprint density at radius 1 is 1.05 bits per heavy atom. The number of aliphatic hydroxyl groups excluding tert-OH is 1. The third-order valence-corrected chi connectivity index (χ3v) is 8.10. The van der Waals surface area contributed by atoms with Gasteiger partial charge in [0.1, 0.15) is 11.3 Å². The first-order chi connectivity index (χ1) is 18.5. The molecule has 0 bridgehead atoms. The molecule has 2 atom stereocenters. The number of hydrogen-bond acceptors (Lipinski definition) is 7. The van der Waals surface area contributed by atoms with Crippen LogP contribution in [0.15, 0.2) is 59.5 Å². The summed E-state index contributed by atoms with van der Waals surface area (Å²) in [5, 5.41) is 23.5. The lowest BCUT2D eigenvalue weighted by Gasteiger charge is -2.40. The summed E-state index contributed by atoms with van der Waals surface area (Å²) in [7, 11) is -0.634. The molecule has 0 heterocycles. The minimum Gasteiger partial charge on any atom is -0.444 e. The molecular weight excluding hydrogens is 528 g/mol. The first-order valence-electron chi connectivity index (χ1n) is 13.4. The van der Waals surface area contributed by atoms with Gasteiger partial charge in [0.15, 0.2) is 0 Å². The summed E-state index contributed by atoms with van der Waals surface area (Å²) >= 11 is 0. The number of nitrogens with one attached hydrogen (secondary N) is 2. The number of amides is 1. The summed E-state index contributed by atoms with van der Waals surface area (Å²) in [6.45, 7) is 9.10. The van der Waals surface area contributed by atoms with Gasteiger partial charge >= 0.3 is 6.09 Å². The minimum absolute atomic E-state index is 0.0105. The number of carbonyl (C=O) groups excluding carboxylic acids is 1. The molecule has 0 radical (unpaired) electrons. The van der Waals surface area contributed by atoms with Crippen LogP contribution in [-0.2, 0) is 21.2 Å². The van der Waals surface area contributed by atoms with Crippen molar-refractivity contribution in [2.24, 2.45) is 5.41 Å². The van der Waals surface area contributed by atoms with E-state index < -0.39 is 33.5 Å². The molecule has 3 N–H and O–H groups in total. The average Bonchev–Trinajstić information content (AvgIpc) is 2.85. The fraction of sp³-hybridized carbons (Fsp3) is 0.533. The second-order valence-electron chi connectivity index (χ2n) is 12.1. The van der Waals surface area contributed by atoms with Gasteiger partial charge in [0.25, 0.3) is 0 Å². The number of alkyl carbamates (subject to hydrolysis) is 1. The molecule has 1 amide bonds. The standard InChI is InChI=1S/C30H44N4O5S/c1-28(2,3)39-27(36)32-30(22-23-13-9-8-10-14-23,26(35)17-19-29(4,5)18-12-20-31)33-40(37,38)25-16-11-15-24(21-25)34(6)7/h8-11,13-16,21,26,33,35H,12,17-19,22H2,1-7H3,(H,32,36)/t26-,30+/m1/s1. The quantitative estimate of drug-likeness (QED) is 0.289. The second kappa shape index (κ2) is 13.5. The highest BCUT2D eigenvalue weighted by atomic mass is 32.2. The van der Waals surface area contributed by atoms with Crippen LogP contribution in [0.3, 0.4) is 0 Å². The number of sulfonamides is 1. The Hall–Kier alpha value is -3.13. The SMILES string of the molecule is CN(C)c1cccc(S(=O)(=O)N[C@](Cc2ccccc2)(NC(=O)OC(C)(C)C)[C@H](O)CCC(C)(C)CCC#N)c1. The predicted octanol–water partition coefficient (Wildman–Crippen LogP) is 4.97. The van der Waals surface area contributed by atoms with Gasteiger partial charge in [-0.15, -0.1) is 0 Å². The summed E-state index contributed by atoms with van der Waals surface area (Å²) < 4.78 is 35.9. The Labute approximate surface area is 239 Å². The van der Waals surface area contributed by atoms with Gasteiger partial charge in [0, 0.05) is 32.6 Å². The van der Waals surface area contributed by atoms with E-state index in [2.05, 4.69) is 16.1 Å². The van der Waals surface area contributed by atoms with E-state index in [-0.39, 0.29) is 23.2 Å². The van der Waals surface area contributed by atoms with Crippen LogP contribution in [0.25, 0.3) is 0 Å². The van der Waals surface area contributed by atoms with Crippen LogP contribution in [0, 0.1) is 16.7 Å². The van der Waals surface area contributed by atoms with Crippen molar-refractivity contribution in [3.63, 3.8) is 0 Å². The Bertz CT molecular complexity index is 1270. The molecule has 0 unspecified atom stereocenters. The van der Waals surface area contributed by atoms with Crippen molar-refractivity contribution in [3.8, 4) is 6.07 Å². The summed E-state index contributed by atoms with van der Waals surface area (Å²) in [4.78, 5) is 14.9. The molecule has 0 saturated heterocycles. The molecule has 2 aromatic carbocycles. The lowest BCUT2D eigenvalue weighted by atomic mass is 9.80. The number of nitrogens with zero attached hydrogens (tertiary/aromatic N) is 2. The molecule has 220 valence electrons. The van der Waals surface area contributed by atoms with Gasteiger partial charge < -0.3 is 14.7 Å². The molecule has 10 heteroatoms. The molecule has 2 rings (SSSR count). The third-order valence-electron chi connectivity index (χ3n) is 6.59. The molecule has 9 nitrogen and oxygen atoms in total. The molecule has 40 heavy (non-hydrogen) atoms. The van der Waals surface area contributed by atoms with Gasteiger partial charge in [-0.1, -0.05) is 50.2 Å². The normalized spacial score (nSPS) is 14.5. The highest BCUT2D eigenvalue weighted by Crippen LogP contribution is 2.32. The zero-order valence-corrected chi connectivity index (χ0v) is 25.5. The van der Waals surface area contributed by atoms with Crippen molar-refractivity contribution in [1.82, 2.24) is 10.0 Å². The summed E-state index contributed by atoms with van der Waals surface area (Å²) in [5.41, 5.74) is -1.62. The van der Waals surface area contributed by atoms with Gasteiger partial charge in [-0.2, -0.15) is 9.98 Å². The van der Waals surface area contributed by atoms with E-state index in [1.165, 1.54) is 12.1 Å². The lowest BCUT2D eigenvalue weighted by Crippen LogP contribution is -2.68. The highest BCUT2D eigenvalue weighted by molar-refractivity contribution is 7.89. The van der Waals surface area contributed by atoms with Crippen LogP contribution < -0.4 is 14.9 Å². The number of nitriles is 1. The largest absolute Gasteiger partial charge is 0.444 e. The molecule has 0 fully saturated rings. The molecule has 0 aromatic heterocycles. The molecule has 0 saturated carbocycles. The van der Waals surface area contributed by atoms with Crippen molar-refractivity contribution in [2.75, 3.05) is 19.0 Å². The minimum atomic E-state index is -4.25. The molecule has 0 aliphatic rings. The van der Waals surface area contributed by atoms with E-state index in [4.69, 9.17) is 10.00 Å². The maximum Gasteiger partial charge on any atom is 0.409 e. The molecule has 2 aromatic rings. The van der Waals surface area contributed by atoms with Crippen LogP contribution in [-0.4, -0.2) is 51.1 Å². The van der Waals surface area contributed by atoms with E-state index in [1.54, 1.807) is 76.2 Å². The number of carbonyl (C=O) groups is 1. The van der Waals surface area contributed by atoms with Crippen molar-refractivity contribution >= 4 is 21.8 Å². The van der Waals surface area contributed by atoms with E-state index >= 15 is 0 Å². The van der Waals surface area contributed by atoms with Gasteiger partial charge in [-0.25, -0.2) is 13.2 Å². The van der Waals surface area contributed by atoms with Gasteiger partial charge in [0.05, 0.1) is 17.1 Å². The Morgan fingerprint density at radius 3 is 2.27 bits per heavy atom. The monoisotopic (exact) mass is 572 g/mol. The zero-order chi connectivity index (χ0) is 30.2. The first-order valence-corrected chi connectivity index (χ1v) is 14.9. The van der Waals surface area contributed by atoms with Crippen LogP contribution in [0.1, 0.15) is 65.9 Å². The van der Waals surface area contributed by atoms with Crippen LogP contribution in [0.5, 0.6) is 0 Å². The highest BCUT2D eigenvalue weighted by Gasteiger charge is 2.45. The molecule has 0 spiro atoms. The van der Waals surface area contributed by atoms with Gasteiger partial charge in [-0.3, -0.25) is 5.32 Å². The van der Waals surface area contributed by atoms with Crippen molar-refractivity contribution in [3.05, 3.63) is 60.2 Å². The topological polar surface area (TPSA) is 132 Å². The average molecular weight is 573 g/mol. The number of rotatable bonds is 13. The Balaban J connectivity index is 2.61.